The van der Waals surface area contributed by atoms with E-state index < -0.39 is 0 Å². The molecule has 4 rings (SSSR count). The first-order valence-electron chi connectivity index (χ1n) is 9.25. The minimum atomic E-state index is -0.184. The molecule has 0 spiro atoms. The van der Waals surface area contributed by atoms with E-state index >= 15 is 0 Å². The molecule has 27 heavy (non-hydrogen) atoms. The van der Waals surface area contributed by atoms with Crippen LogP contribution in [-0.4, -0.2) is 42.5 Å². The molecule has 0 aliphatic carbocycles. The first-order chi connectivity index (χ1) is 13.1. The van der Waals surface area contributed by atoms with Crippen molar-refractivity contribution in [1.82, 2.24) is 10.2 Å². The number of anilines is 1. The second-order valence-corrected chi connectivity index (χ2v) is 7.18. The summed E-state index contributed by atoms with van der Waals surface area (Å²) in [5.41, 5.74) is 3.92. The number of hydrogen-bond donors (Lipinski definition) is 2. The summed E-state index contributed by atoms with van der Waals surface area (Å²) in [6.07, 6.45) is 1.05. The number of nitrogens with one attached hydrogen (secondary N) is 2. The van der Waals surface area contributed by atoms with Gasteiger partial charge in [0.15, 0.2) is 6.61 Å². The van der Waals surface area contributed by atoms with Crippen molar-refractivity contribution in [1.29, 1.82) is 0 Å². The van der Waals surface area contributed by atoms with Crippen molar-refractivity contribution >= 4 is 17.5 Å². The van der Waals surface area contributed by atoms with Crippen molar-refractivity contribution in [3.8, 4) is 5.75 Å². The quantitative estimate of drug-likeness (QED) is 0.871. The minimum absolute atomic E-state index is 0.0229. The van der Waals surface area contributed by atoms with Crippen molar-refractivity contribution in [3.63, 3.8) is 0 Å². The molecule has 2 heterocycles. The molecule has 0 saturated carbocycles. The second-order valence-electron chi connectivity index (χ2n) is 7.18. The van der Waals surface area contributed by atoms with Crippen LogP contribution in [0, 0.1) is 0 Å². The number of hydrogen-bond acceptors (Lipinski definition) is 4. The Bertz CT molecular complexity index is 881. The van der Waals surface area contributed by atoms with E-state index in [2.05, 4.69) is 39.8 Å². The average molecular weight is 365 g/mol. The number of carbonyl (C=O) groups is 2. The van der Waals surface area contributed by atoms with E-state index in [1.54, 1.807) is 18.2 Å². The number of carbonyl (C=O) groups excluding carboxylic acids is 2. The van der Waals surface area contributed by atoms with Gasteiger partial charge in [0.1, 0.15) is 5.75 Å². The Morgan fingerprint density at radius 2 is 2.07 bits per heavy atom. The summed E-state index contributed by atoms with van der Waals surface area (Å²) in [6.45, 7) is 4.72. The summed E-state index contributed by atoms with van der Waals surface area (Å²) in [5, 5.41) is 5.79. The van der Waals surface area contributed by atoms with E-state index in [1.165, 1.54) is 11.1 Å². The van der Waals surface area contributed by atoms with Crippen LogP contribution in [0.15, 0.2) is 42.5 Å². The Balaban J connectivity index is 1.35. The summed E-state index contributed by atoms with van der Waals surface area (Å²) >= 11 is 0. The largest absolute Gasteiger partial charge is 0.482 e. The van der Waals surface area contributed by atoms with E-state index in [1.807, 2.05) is 6.92 Å². The van der Waals surface area contributed by atoms with E-state index in [9.17, 15) is 9.59 Å². The smallest absolute Gasteiger partial charge is 0.262 e. The molecule has 1 atom stereocenters. The number of fused-ring (bicyclic) bond motifs is 2. The lowest BCUT2D eigenvalue weighted by atomic mass is 9.99. The zero-order valence-electron chi connectivity index (χ0n) is 15.3. The van der Waals surface area contributed by atoms with E-state index in [0.717, 1.165) is 26.1 Å². The molecule has 6 heteroatoms. The Labute approximate surface area is 158 Å². The van der Waals surface area contributed by atoms with Gasteiger partial charge in [0.05, 0.1) is 5.69 Å². The van der Waals surface area contributed by atoms with Crippen LogP contribution in [-0.2, 0) is 17.8 Å². The molecule has 2 aliphatic rings. The van der Waals surface area contributed by atoms with Gasteiger partial charge in [0.2, 0.25) is 0 Å². The molecule has 2 amide bonds. The maximum Gasteiger partial charge on any atom is 0.262 e. The van der Waals surface area contributed by atoms with Crippen LogP contribution in [0.5, 0.6) is 5.75 Å². The molecular weight excluding hydrogens is 342 g/mol. The van der Waals surface area contributed by atoms with Gasteiger partial charge in [-0.3, -0.25) is 14.5 Å². The van der Waals surface area contributed by atoms with Crippen molar-refractivity contribution in [2.45, 2.75) is 25.9 Å². The summed E-state index contributed by atoms with van der Waals surface area (Å²) in [6, 6.07) is 13.6. The molecule has 0 unspecified atom stereocenters. The zero-order valence-corrected chi connectivity index (χ0v) is 15.3. The molecule has 140 valence electrons. The molecule has 2 aromatic rings. The van der Waals surface area contributed by atoms with Gasteiger partial charge in [-0.2, -0.15) is 0 Å². The van der Waals surface area contributed by atoms with Gasteiger partial charge in [0.25, 0.3) is 11.8 Å². The maximum atomic E-state index is 12.6. The van der Waals surface area contributed by atoms with Crippen LogP contribution in [0.4, 0.5) is 5.69 Å². The maximum absolute atomic E-state index is 12.6. The minimum Gasteiger partial charge on any atom is -0.482 e. The molecule has 0 aromatic heterocycles. The SMILES string of the molecule is C[C@@H](CN1CCc2ccccc2C1)NC(=O)c1ccc2c(c1)OCC(=O)N2. The van der Waals surface area contributed by atoms with Crippen molar-refractivity contribution in [2.24, 2.45) is 0 Å². The van der Waals surface area contributed by atoms with Gasteiger partial charge in [-0.25, -0.2) is 0 Å². The van der Waals surface area contributed by atoms with Gasteiger partial charge in [-0.1, -0.05) is 24.3 Å². The molecule has 0 saturated heterocycles. The van der Waals surface area contributed by atoms with Gasteiger partial charge in [0, 0.05) is 31.2 Å². The highest BCUT2D eigenvalue weighted by atomic mass is 16.5. The van der Waals surface area contributed by atoms with E-state index in [-0.39, 0.29) is 24.5 Å². The third-order valence-electron chi connectivity index (χ3n) is 5.00. The van der Waals surface area contributed by atoms with Crippen molar-refractivity contribution < 1.29 is 14.3 Å². The Kier molecular flexibility index (Phi) is 4.81. The second kappa shape index (κ2) is 7.40. The summed E-state index contributed by atoms with van der Waals surface area (Å²) < 4.78 is 5.39. The lowest BCUT2D eigenvalue weighted by molar-refractivity contribution is -0.118. The predicted molar refractivity (Wildman–Crippen MR) is 103 cm³/mol. The molecular formula is C21H23N3O3. The van der Waals surface area contributed by atoms with Gasteiger partial charge in [-0.05, 0) is 42.7 Å². The molecule has 2 N–H and O–H groups in total. The normalized spacial score (nSPS) is 17.1. The van der Waals surface area contributed by atoms with Crippen LogP contribution in [0.25, 0.3) is 0 Å². The van der Waals surface area contributed by atoms with Crippen LogP contribution >= 0.6 is 0 Å². The highest BCUT2D eigenvalue weighted by Gasteiger charge is 2.21. The van der Waals surface area contributed by atoms with Crippen molar-refractivity contribution in [2.75, 3.05) is 25.0 Å². The van der Waals surface area contributed by atoms with E-state index in [4.69, 9.17) is 4.74 Å². The number of benzene rings is 2. The van der Waals surface area contributed by atoms with Crippen LogP contribution in [0.3, 0.4) is 0 Å². The Morgan fingerprint density at radius 1 is 1.26 bits per heavy atom. The monoisotopic (exact) mass is 365 g/mol. The Hall–Kier alpha value is -2.86. The first kappa shape index (κ1) is 17.5. The van der Waals surface area contributed by atoms with E-state index in [0.29, 0.717) is 17.0 Å². The molecule has 2 aliphatic heterocycles. The lowest BCUT2D eigenvalue weighted by Crippen LogP contribution is -2.43. The predicted octanol–water partition coefficient (Wildman–Crippen LogP) is 2.19. The number of nitrogens with zero attached hydrogens (tertiary/aromatic N) is 1. The van der Waals surface area contributed by atoms with Crippen molar-refractivity contribution in [3.05, 3.63) is 59.2 Å². The molecule has 0 radical (unpaired) electrons. The number of ether oxygens (including phenoxy) is 1. The van der Waals surface area contributed by atoms with Gasteiger partial charge >= 0.3 is 0 Å². The first-order valence-corrected chi connectivity index (χ1v) is 9.25. The summed E-state index contributed by atoms with van der Waals surface area (Å²) in [4.78, 5) is 26.3. The highest BCUT2D eigenvalue weighted by molar-refractivity contribution is 5.99. The highest BCUT2D eigenvalue weighted by Crippen LogP contribution is 2.28. The van der Waals surface area contributed by atoms with Crippen LogP contribution in [0.1, 0.15) is 28.4 Å². The summed E-state index contributed by atoms with van der Waals surface area (Å²) in [5.74, 6) is 0.210. The van der Waals surface area contributed by atoms with Crippen LogP contribution in [0.2, 0.25) is 0 Å². The molecule has 6 nitrogen and oxygen atoms in total. The Morgan fingerprint density at radius 3 is 2.93 bits per heavy atom. The lowest BCUT2D eigenvalue weighted by Gasteiger charge is -2.31. The third kappa shape index (κ3) is 3.95. The van der Waals surface area contributed by atoms with Crippen LogP contribution < -0.4 is 15.4 Å². The summed E-state index contributed by atoms with van der Waals surface area (Å²) in [7, 11) is 0. The fraction of sp³-hybridized carbons (Fsp3) is 0.333. The number of rotatable bonds is 4. The molecule has 0 fully saturated rings. The average Bonchev–Trinajstić information content (AvgIpc) is 2.67. The molecule has 2 aromatic carbocycles. The zero-order chi connectivity index (χ0) is 18.8. The third-order valence-corrected chi connectivity index (χ3v) is 5.00. The topological polar surface area (TPSA) is 70.7 Å². The van der Waals surface area contributed by atoms with Gasteiger partial charge in [-0.15, -0.1) is 0 Å². The number of amides is 2. The van der Waals surface area contributed by atoms with Gasteiger partial charge < -0.3 is 15.4 Å². The fourth-order valence-electron chi connectivity index (χ4n) is 3.67. The standard InChI is InChI=1S/C21H23N3O3/c1-14(11-24-9-8-15-4-2-3-5-17(15)12-24)22-21(26)16-6-7-18-19(10-16)27-13-20(25)23-18/h2-7,10,14H,8-9,11-13H2,1H3,(H,22,26)(H,23,25)/t14-/m0/s1. The fourth-order valence-corrected chi connectivity index (χ4v) is 3.67. The molecule has 0 bridgehead atoms.